The quantitative estimate of drug-likeness (QED) is 0.622. The Morgan fingerprint density at radius 2 is 2.11 bits per heavy atom. The number of nitrogens with zero attached hydrogens (tertiary/aromatic N) is 2. The number of hydrogen-bond acceptors (Lipinski definition) is 4. The highest BCUT2D eigenvalue weighted by Crippen LogP contribution is 2.45. The minimum atomic E-state index is 0.237. The van der Waals surface area contributed by atoms with Crippen molar-refractivity contribution in [3.63, 3.8) is 0 Å². The van der Waals surface area contributed by atoms with Gasteiger partial charge in [0.25, 0.3) is 0 Å². The molecule has 0 aromatic heterocycles. The first-order chi connectivity index (χ1) is 13.2. The average molecular weight is 423 g/mol. The second-order valence-electron chi connectivity index (χ2n) is 6.52. The van der Waals surface area contributed by atoms with Gasteiger partial charge < -0.3 is 9.47 Å². The van der Waals surface area contributed by atoms with E-state index in [2.05, 4.69) is 44.9 Å². The number of methoxy groups -OCH3 is 2. The van der Waals surface area contributed by atoms with Crippen LogP contribution in [0.4, 0.5) is 5.69 Å². The number of rotatable bonds is 4. The molecule has 5 heteroatoms. The topological polar surface area (TPSA) is 43.2 Å². The Labute approximate surface area is 167 Å². The summed E-state index contributed by atoms with van der Waals surface area (Å²) in [4.78, 5) is 9.48. The highest BCUT2D eigenvalue weighted by Gasteiger charge is 2.26. The Kier molecular flexibility index (Phi) is 4.97. The summed E-state index contributed by atoms with van der Waals surface area (Å²) in [5, 5.41) is 0. The molecule has 0 saturated heterocycles. The Balaban J connectivity index is 1.80. The summed E-state index contributed by atoms with van der Waals surface area (Å²) in [5.74, 6) is 1.53. The van der Waals surface area contributed by atoms with Crippen molar-refractivity contribution in [2.45, 2.75) is 12.8 Å². The maximum atomic E-state index is 5.63. The zero-order valence-electron chi connectivity index (χ0n) is 15.2. The monoisotopic (exact) mass is 422 g/mol. The Morgan fingerprint density at radius 1 is 1.22 bits per heavy atom. The van der Waals surface area contributed by atoms with Gasteiger partial charge in [0.15, 0.2) is 11.5 Å². The van der Waals surface area contributed by atoms with Crippen molar-refractivity contribution in [2.75, 3.05) is 14.2 Å². The molecule has 4 nitrogen and oxygen atoms in total. The van der Waals surface area contributed by atoms with Crippen LogP contribution in [0.1, 0.15) is 23.1 Å². The summed E-state index contributed by atoms with van der Waals surface area (Å²) in [6.07, 6.45) is 7.35. The SMILES string of the molecule is COc1cc2c3c(c1OC)N=CC(Cc1cccc(Br)c1)CC3=NC=C=C2. The average Bonchev–Trinajstić information content (AvgIpc) is 2.97. The normalized spacial score (nSPS) is 17.0. The van der Waals surface area contributed by atoms with E-state index in [-0.39, 0.29) is 5.92 Å². The van der Waals surface area contributed by atoms with Crippen molar-refractivity contribution in [1.82, 2.24) is 0 Å². The van der Waals surface area contributed by atoms with Crippen LogP contribution in [0.2, 0.25) is 0 Å². The smallest absolute Gasteiger partial charge is 0.187 e. The van der Waals surface area contributed by atoms with Crippen LogP contribution in [0, 0.1) is 5.92 Å². The van der Waals surface area contributed by atoms with E-state index in [9.17, 15) is 0 Å². The minimum absolute atomic E-state index is 0.237. The highest BCUT2D eigenvalue weighted by atomic mass is 79.9. The summed E-state index contributed by atoms with van der Waals surface area (Å²) in [7, 11) is 3.28. The van der Waals surface area contributed by atoms with Crippen LogP contribution in [0.15, 0.2) is 56.7 Å². The van der Waals surface area contributed by atoms with E-state index in [1.807, 2.05) is 24.4 Å². The van der Waals surface area contributed by atoms with Gasteiger partial charge in [-0.15, -0.1) is 5.73 Å². The molecule has 2 aliphatic rings. The van der Waals surface area contributed by atoms with Crippen LogP contribution in [0.5, 0.6) is 11.5 Å². The second-order valence-corrected chi connectivity index (χ2v) is 7.43. The first-order valence-corrected chi connectivity index (χ1v) is 9.54. The van der Waals surface area contributed by atoms with Crippen LogP contribution in [0.25, 0.3) is 6.08 Å². The lowest BCUT2D eigenvalue weighted by molar-refractivity contribution is 0.356. The summed E-state index contributed by atoms with van der Waals surface area (Å²) < 4.78 is 12.2. The molecule has 136 valence electrons. The van der Waals surface area contributed by atoms with E-state index < -0.39 is 0 Å². The van der Waals surface area contributed by atoms with Gasteiger partial charge in [0.1, 0.15) is 5.69 Å². The van der Waals surface area contributed by atoms with Gasteiger partial charge >= 0.3 is 0 Å². The maximum Gasteiger partial charge on any atom is 0.187 e. The van der Waals surface area contributed by atoms with Crippen LogP contribution >= 0.6 is 15.9 Å². The van der Waals surface area contributed by atoms with Gasteiger partial charge in [0.2, 0.25) is 0 Å². The minimum Gasteiger partial charge on any atom is -0.493 e. The number of ether oxygens (including phenoxy) is 2. The molecule has 0 aliphatic carbocycles. The van der Waals surface area contributed by atoms with Crippen LogP contribution in [0.3, 0.4) is 0 Å². The summed E-state index contributed by atoms with van der Waals surface area (Å²) >= 11 is 3.55. The summed E-state index contributed by atoms with van der Waals surface area (Å²) in [5.41, 5.74) is 8.15. The molecule has 0 fully saturated rings. The van der Waals surface area contributed by atoms with E-state index in [4.69, 9.17) is 14.5 Å². The van der Waals surface area contributed by atoms with E-state index in [0.29, 0.717) is 11.5 Å². The van der Waals surface area contributed by atoms with Gasteiger partial charge in [0, 0.05) is 22.2 Å². The van der Waals surface area contributed by atoms with Crippen molar-refractivity contribution in [3.05, 3.63) is 63.4 Å². The number of benzene rings is 2. The number of hydrogen-bond donors (Lipinski definition) is 0. The van der Waals surface area contributed by atoms with Crippen molar-refractivity contribution >= 4 is 39.6 Å². The van der Waals surface area contributed by atoms with E-state index in [0.717, 1.165) is 39.8 Å². The third-order valence-corrected chi connectivity index (χ3v) is 5.25. The lowest BCUT2D eigenvalue weighted by Crippen LogP contribution is -2.12. The molecular weight excluding hydrogens is 404 g/mol. The van der Waals surface area contributed by atoms with Crippen LogP contribution < -0.4 is 9.47 Å². The van der Waals surface area contributed by atoms with Crippen molar-refractivity contribution in [3.8, 4) is 11.5 Å². The third kappa shape index (κ3) is 3.48. The first kappa shape index (κ1) is 17.8. The Hall–Kier alpha value is -2.62. The number of aliphatic imine (C=N–C) groups is 2. The molecule has 4 rings (SSSR count). The van der Waals surface area contributed by atoms with Crippen molar-refractivity contribution in [2.24, 2.45) is 15.9 Å². The van der Waals surface area contributed by atoms with Crippen molar-refractivity contribution < 1.29 is 9.47 Å². The molecule has 0 bridgehead atoms. The van der Waals surface area contributed by atoms with Gasteiger partial charge in [-0.1, -0.05) is 28.1 Å². The lowest BCUT2D eigenvalue weighted by Gasteiger charge is -2.16. The second kappa shape index (κ2) is 7.55. The van der Waals surface area contributed by atoms with Gasteiger partial charge in [-0.25, -0.2) is 0 Å². The zero-order chi connectivity index (χ0) is 18.8. The first-order valence-electron chi connectivity index (χ1n) is 8.75. The molecule has 0 amide bonds. The number of halogens is 1. The largest absolute Gasteiger partial charge is 0.493 e. The molecule has 0 spiro atoms. The van der Waals surface area contributed by atoms with E-state index in [1.54, 1.807) is 20.4 Å². The maximum absolute atomic E-state index is 5.63. The zero-order valence-corrected chi connectivity index (χ0v) is 16.8. The predicted molar refractivity (Wildman–Crippen MR) is 113 cm³/mol. The van der Waals surface area contributed by atoms with Crippen LogP contribution in [-0.2, 0) is 6.42 Å². The van der Waals surface area contributed by atoms with Gasteiger partial charge in [-0.05, 0) is 48.2 Å². The molecule has 0 N–H and O–H groups in total. The molecule has 2 heterocycles. The van der Waals surface area contributed by atoms with Gasteiger partial charge in [-0.3, -0.25) is 9.98 Å². The standard InChI is InChI=1S/C22H19BrN2O2/c1-26-19-12-16-6-4-8-24-18-11-15(9-14-5-3-7-17(23)10-14)13-25-21(20(16)18)22(19)27-2/h3,5-8,10,12-13,15H,9,11H2,1-2H3. The molecule has 1 atom stereocenters. The summed E-state index contributed by atoms with van der Waals surface area (Å²) in [6, 6.07) is 10.3. The van der Waals surface area contributed by atoms with E-state index >= 15 is 0 Å². The molecule has 1 unspecified atom stereocenters. The fraction of sp³-hybridized carbons (Fsp3) is 0.227. The van der Waals surface area contributed by atoms with Crippen LogP contribution in [-0.4, -0.2) is 26.1 Å². The molecular formula is C22H19BrN2O2. The molecule has 0 radical (unpaired) electrons. The summed E-state index contributed by atoms with van der Waals surface area (Å²) in [6.45, 7) is 0. The molecule has 0 saturated carbocycles. The Bertz CT molecular complexity index is 1020. The highest BCUT2D eigenvalue weighted by molar-refractivity contribution is 9.10. The lowest BCUT2D eigenvalue weighted by atomic mass is 9.91. The molecule has 2 aromatic rings. The fourth-order valence-corrected chi connectivity index (χ4v) is 4.02. The van der Waals surface area contributed by atoms with Crippen molar-refractivity contribution in [1.29, 1.82) is 0 Å². The Morgan fingerprint density at radius 3 is 2.89 bits per heavy atom. The molecule has 27 heavy (non-hydrogen) atoms. The predicted octanol–water partition coefficient (Wildman–Crippen LogP) is 5.36. The van der Waals surface area contributed by atoms with E-state index in [1.165, 1.54) is 5.56 Å². The molecule has 2 aliphatic heterocycles. The van der Waals surface area contributed by atoms with Gasteiger partial charge in [0.05, 0.1) is 26.1 Å². The van der Waals surface area contributed by atoms with Gasteiger partial charge in [-0.2, -0.15) is 0 Å². The third-order valence-electron chi connectivity index (χ3n) is 4.75. The molecule has 2 aromatic carbocycles. The fourth-order valence-electron chi connectivity index (χ4n) is 3.57.